The molecule has 7 nitrogen and oxygen atoms in total. The van der Waals surface area contributed by atoms with Crippen LogP contribution in [0.1, 0.15) is 46.5 Å². The Bertz CT molecular complexity index is 547. The van der Waals surface area contributed by atoms with Gasteiger partial charge < -0.3 is 15.2 Å². The van der Waals surface area contributed by atoms with E-state index < -0.39 is 32.9 Å². The first-order chi connectivity index (χ1) is 10.4. The van der Waals surface area contributed by atoms with E-state index in [4.69, 9.17) is 4.74 Å². The molecule has 1 aliphatic rings. The number of carbonyl (C=O) groups excluding carboxylic acids is 1. The van der Waals surface area contributed by atoms with E-state index in [0.29, 0.717) is 0 Å². The van der Waals surface area contributed by atoms with Crippen LogP contribution in [-0.2, 0) is 19.4 Å². The molecule has 0 aromatic rings. The van der Waals surface area contributed by atoms with E-state index in [1.165, 1.54) is 0 Å². The van der Waals surface area contributed by atoms with E-state index in [0.717, 1.165) is 19.1 Å². The molecule has 8 heteroatoms. The molecule has 1 unspecified atom stereocenters. The number of alkyl carbamates (subject to hydrolysis) is 1. The summed E-state index contributed by atoms with van der Waals surface area (Å²) in [5.41, 5.74) is -1.78. The van der Waals surface area contributed by atoms with Crippen molar-refractivity contribution in [2.75, 3.05) is 18.6 Å². The molecule has 1 rings (SSSR count). The van der Waals surface area contributed by atoms with Crippen LogP contribution in [0.2, 0.25) is 0 Å². The van der Waals surface area contributed by atoms with Crippen molar-refractivity contribution in [1.29, 1.82) is 0 Å². The van der Waals surface area contributed by atoms with Gasteiger partial charge in [0, 0.05) is 18.6 Å². The number of amides is 1. The number of sulfone groups is 1. The second-order valence-corrected chi connectivity index (χ2v) is 9.58. The lowest BCUT2D eigenvalue weighted by atomic mass is 9.78. The average molecular weight is 349 g/mol. The zero-order valence-corrected chi connectivity index (χ0v) is 15.0. The lowest BCUT2D eigenvalue weighted by Crippen LogP contribution is -2.46. The largest absolute Gasteiger partial charge is 0.481 e. The van der Waals surface area contributed by atoms with E-state index >= 15 is 0 Å². The van der Waals surface area contributed by atoms with Crippen molar-refractivity contribution in [2.24, 2.45) is 11.3 Å². The summed E-state index contributed by atoms with van der Waals surface area (Å²) in [6.45, 7) is 5.13. The van der Waals surface area contributed by atoms with E-state index in [1.807, 2.05) is 0 Å². The fraction of sp³-hybridized carbons (Fsp3) is 0.867. The maximum Gasteiger partial charge on any atom is 0.407 e. The van der Waals surface area contributed by atoms with Gasteiger partial charge in [-0.3, -0.25) is 4.79 Å². The van der Waals surface area contributed by atoms with Gasteiger partial charge in [0.2, 0.25) is 0 Å². The van der Waals surface area contributed by atoms with Gasteiger partial charge >= 0.3 is 12.1 Å². The zero-order valence-electron chi connectivity index (χ0n) is 14.2. The minimum Gasteiger partial charge on any atom is -0.481 e. The third-order valence-corrected chi connectivity index (χ3v) is 4.90. The third kappa shape index (κ3) is 6.76. The van der Waals surface area contributed by atoms with Crippen LogP contribution in [0, 0.1) is 11.3 Å². The number of aliphatic carboxylic acids is 1. The molecule has 0 saturated heterocycles. The molecular weight excluding hydrogens is 322 g/mol. The van der Waals surface area contributed by atoms with Crippen LogP contribution < -0.4 is 5.32 Å². The third-order valence-electron chi connectivity index (χ3n) is 3.87. The van der Waals surface area contributed by atoms with Crippen LogP contribution in [-0.4, -0.2) is 49.7 Å². The standard InChI is InChI=1S/C15H27NO6S/c1-14(2,3)22-13(19)16-10-15(12(17)18,11-6-7-11)8-5-9-23(4,20)21/h11H,5-10H2,1-4H3,(H,16,19)(H,17,18). The fourth-order valence-corrected chi connectivity index (χ4v) is 3.29. The number of carboxylic acids is 1. The summed E-state index contributed by atoms with van der Waals surface area (Å²) in [5, 5.41) is 12.2. The SMILES string of the molecule is CC(C)(C)OC(=O)NCC(CCCS(C)(=O)=O)(C(=O)O)C1CC1. The van der Waals surface area contributed by atoms with E-state index in [1.54, 1.807) is 20.8 Å². The monoisotopic (exact) mass is 349 g/mol. The Morgan fingerprint density at radius 2 is 1.83 bits per heavy atom. The predicted octanol–water partition coefficient (Wildman–Crippen LogP) is 1.82. The van der Waals surface area contributed by atoms with Gasteiger partial charge in [-0.1, -0.05) is 0 Å². The first-order valence-corrected chi connectivity index (χ1v) is 9.80. The van der Waals surface area contributed by atoms with E-state index in [-0.39, 0.29) is 31.1 Å². The number of carboxylic acid groups (broad SMARTS) is 1. The molecule has 134 valence electrons. The highest BCUT2D eigenvalue weighted by atomic mass is 32.2. The molecule has 0 bridgehead atoms. The lowest BCUT2D eigenvalue weighted by Gasteiger charge is -2.30. The van der Waals surface area contributed by atoms with Gasteiger partial charge in [0.1, 0.15) is 15.4 Å². The second-order valence-electron chi connectivity index (χ2n) is 7.32. The number of ether oxygens (including phenoxy) is 1. The van der Waals surface area contributed by atoms with Gasteiger partial charge in [-0.2, -0.15) is 0 Å². The molecule has 0 radical (unpaired) electrons. The molecule has 23 heavy (non-hydrogen) atoms. The Morgan fingerprint density at radius 3 is 2.22 bits per heavy atom. The molecule has 0 aromatic carbocycles. The van der Waals surface area contributed by atoms with Gasteiger partial charge in [0.25, 0.3) is 0 Å². The Hall–Kier alpha value is -1.31. The van der Waals surface area contributed by atoms with Crippen LogP contribution in [0.25, 0.3) is 0 Å². The highest BCUT2D eigenvalue weighted by Crippen LogP contribution is 2.48. The van der Waals surface area contributed by atoms with Crippen molar-refractivity contribution in [1.82, 2.24) is 5.32 Å². The second kappa shape index (κ2) is 7.07. The van der Waals surface area contributed by atoms with Crippen LogP contribution in [0.3, 0.4) is 0 Å². The molecular formula is C15H27NO6S. The fourth-order valence-electron chi connectivity index (χ4n) is 2.62. The van der Waals surface area contributed by atoms with Crippen molar-refractivity contribution in [2.45, 2.75) is 52.1 Å². The molecule has 1 atom stereocenters. The lowest BCUT2D eigenvalue weighted by molar-refractivity contribution is -0.150. The first-order valence-electron chi connectivity index (χ1n) is 7.74. The molecule has 1 aliphatic carbocycles. The normalized spacial score (nSPS) is 18.1. The maximum absolute atomic E-state index is 11.8. The molecule has 0 spiro atoms. The smallest absolute Gasteiger partial charge is 0.407 e. The van der Waals surface area contributed by atoms with Gasteiger partial charge in [0.15, 0.2) is 0 Å². The number of nitrogens with one attached hydrogen (secondary N) is 1. The van der Waals surface area contributed by atoms with Gasteiger partial charge in [0.05, 0.1) is 5.41 Å². The highest BCUT2D eigenvalue weighted by molar-refractivity contribution is 7.90. The molecule has 1 amide bonds. The average Bonchev–Trinajstić information content (AvgIpc) is 3.13. The van der Waals surface area contributed by atoms with Crippen molar-refractivity contribution >= 4 is 21.9 Å². The van der Waals surface area contributed by atoms with Gasteiger partial charge in [-0.05, 0) is 52.4 Å². The van der Waals surface area contributed by atoms with E-state index in [9.17, 15) is 23.1 Å². The Labute approximate surface area is 137 Å². The van der Waals surface area contributed by atoms with Crippen LogP contribution in [0.4, 0.5) is 4.79 Å². The zero-order chi connectivity index (χ0) is 17.9. The van der Waals surface area contributed by atoms with Crippen LogP contribution >= 0.6 is 0 Å². The molecule has 0 aromatic heterocycles. The van der Waals surface area contributed by atoms with Gasteiger partial charge in [-0.25, -0.2) is 13.2 Å². The molecule has 1 saturated carbocycles. The van der Waals surface area contributed by atoms with Crippen molar-refractivity contribution < 1.29 is 27.9 Å². The predicted molar refractivity (Wildman–Crippen MR) is 86.0 cm³/mol. The van der Waals surface area contributed by atoms with Crippen LogP contribution in [0.5, 0.6) is 0 Å². The first kappa shape index (κ1) is 19.7. The number of hydrogen-bond donors (Lipinski definition) is 2. The summed E-state index contributed by atoms with van der Waals surface area (Å²) in [7, 11) is -3.14. The summed E-state index contributed by atoms with van der Waals surface area (Å²) in [6.07, 6.45) is 2.51. The Morgan fingerprint density at radius 1 is 1.26 bits per heavy atom. The highest BCUT2D eigenvalue weighted by Gasteiger charge is 2.51. The molecule has 0 aliphatic heterocycles. The quantitative estimate of drug-likeness (QED) is 0.691. The van der Waals surface area contributed by atoms with Gasteiger partial charge in [-0.15, -0.1) is 0 Å². The number of hydrogen-bond acceptors (Lipinski definition) is 5. The summed E-state index contributed by atoms with van der Waals surface area (Å²) >= 11 is 0. The maximum atomic E-state index is 11.8. The minimum atomic E-state index is -3.14. The van der Waals surface area contributed by atoms with Crippen molar-refractivity contribution in [3.8, 4) is 0 Å². The summed E-state index contributed by atoms with van der Waals surface area (Å²) in [4.78, 5) is 23.6. The van der Waals surface area contributed by atoms with Crippen LogP contribution in [0.15, 0.2) is 0 Å². The molecule has 0 heterocycles. The summed E-state index contributed by atoms with van der Waals surface area (Å²) < 4.78 is 27.6. The Balaban J connectivity index is 2.72. The number of carbonyl (C=O) groups is 2. The van der Waals surface area contributed by atoms with Crippen molar-refractivity contribution in [3.63, 3.8) is 0 Å². The Kier molecular flexibility index (Phi) is 6.06. The topological polar surface area (TPSA) is 110 Å². The van der Waals surface area contributed by atoms with E-state index in [2.05, 4.69) is 5.32 Å². The number of rotatable bonds is 8. The minimum absolute atomic E-state index is 0.0329. The molecule has 2 N–H and O–H groups in total. The summed E-state index contributed by atoms with van der Waals surface area (Å²) in [5.74, 6) is -1.08. The molecule has 1 fully saturated rings. The summed E-state index contributed by atoms with van der Waals surface area (Å²) in [6, 6.07) is 0. The van der Waals surface area contributed by atoms with Crippen molar-refractivity contribution in [3.05, 3.63) is 0 Å².